The van der Waals surface area contributed by atoms with Gasteiger partial charge in [0.1, 0.15) is 0 Å². The fourth-order valence-electron chi connectivity index (χ4n) is 3.07. The second-order valence-corrected chi connectivity index (χ2v) is 6.60. The molecule has 1 amide bonds. The number of rotatable bonds is 3. The van der Waals surface area contributed by atoms with E-state index in [4.69, 9.17) is 0 Å². The van der Waals surface area contributed by atoms with Gasteiger partial charge in [-0.3, -0.25) is 9.59 Å². The molecule has 118 valence electrons. The molecule has 3 heteroatoms. The molecule has 0 unspecified atom stereocenters. The Labute approximate surface area is 132 Å². The van der Waals surface area contributed by atoms with Crippen LogP contribution in [0.4, 0.5) is 5.69 Å². The van der Waals surface area contributed by atoms with Crippen LogP contribution in [0.5, 0.6) is 0 Å². The van der Waals surface area contributed by atoms with Gasteiger partial charge in [-0.25, -0.2) is 0 Å². The number of ketones is 1. The predicted molar refractivity (Wildman–Crippen MR) is 90.5 cm³/mol. The molecule has 0 spiro atoms. The number of carbonyl (C=O) groups is 2. The van der Waals surface area contributed by atoms with Crippen molar-refractivity contribution >= 4 is 23.5 Å². The third-order valence-corrected chi connectivity index (χ3v) is 4.42. The van der Waals surface area contributed by atoms with Gasteiger partial charge in [-0.15, -0.1) is 0 Å². The van der Waals surface area contributed by atoms with Gasteiger partial charge >= 0.3 is 0 Å². The van der Waals surface area contributed by atoms with E-state index in [1.54, 1.807) is 0 Å². The second-order valence-electron chi connectivity index (χ2n) is 6.60. The minimum atomic E-state index is -0.0815. The quantitative estimate of drug-likeness (QED) is 0.846. The maximum Gasteiger partial charge on any atom is 0.221 e. The van der Waals surface area contributed by atoms with Crippen LogP contribution >= 0.6 is 0 Å². The molecule has 3 nitrogen and oxygen atoms in total. The van der Waals surface area contributed by atoms with Crippen LogP contribution < -0.4 is 5.32 Å². The summed E-state index contributed by atoms with van der Waals surface area (Å²) in [4.78, 5) is 23.7. The van der Waals surface area contributed by atoms with Crippen molar-refractivity contribution < 1.29 is 9.59 Å². The fraction of sp³-hybridized carbons (Fsp3) is 0.474. The highest BCUT2D eigenvalue weighted by molar-refractivity contribution is 6.02. The summed E-state index contributed by atoms with van der Waals surface area (Å²) < 4.78 is 0. The molecule has 0 bridgehead atoms. The second kappa shape index (κ2) is 6.91. The molecule has 22 heavy (non-hydrogen) atoms. The molecule has 1 saturated carbocycles. The Bertz CT molecular complexity index is 584. The van der Waals surface area contributed by atoms with E-state index in [1.165, 1.54) is 6.92 Å². The van der Waals surface area contributed by atoms with Gasteiger partial charge in [-0.1, -0.05) is 32.9 Å². The highest BCUT2D eigenvalue weighted by Crippen LogP contribution is 2.35. The summed E-state index contributed by atoms with van der Waals surface area (Å²) in [6, 6.07) is 7.62. The topological polar surface area (TPSA) is 46.2 Å². The number of amides is 1. The Morgan fingerprint density at radius 1 is 1.23 bits per heavy atom. The molecule has 2 atom stereocenters. The average Bonchev–Trinajstić information content (AvgIpc) is 2.44. The maximum atomic E-state index is 12.7. The summed E-state index contributed by atoms with van der Waals surface area (Å²) in [6.07, 6.45) is 4.08. The highest BCUT2D eigenvalue weighted by Gasteiger charge is 2.32. The van der Waals surface area contributed by atoms with Crippen LogP contribution in [-0.4, -0.2) is 11.7 Å². The molecule has 0 heterocycles. The van der Waals surface area contributed by atoms with Crippen LogP contribution in [-0.2, 0) is 9.59 Å². The Kier molecular flexibility index (Phi) is 5.17. The van der Waals surface area contributed by atoms with Crippen LogP contribution in [0.25, 0.3) is 6.08 Å². The lowest BCUT2D eigenvalue weighted by molar-refractivity contribution is -0.122. The van der Waals surface area contributed by atoms with E-state index >= 15 is 0 Å². The zero-order chi connectivity index (χ0) is 16.3. The zero-order valence-electron chi connectivity index (χ0n) is 13.8. The molecular weight excluding hydrogens is 274 g/mol. The molecular formula is C19H25NO2. The summed E-state index contributed by atoms with van der Waals surface area (Å²) in [7, 11) is 0. The summed E-state index contributed by atoms with van der Waals surface area (Å²) in [6.45, 7) is 7.87. The third-order valence-electron chi connectivity index (χ3n) is 4.42. The van der Waals surface area contributed by atoms with Crippen LogP contribution in [0.2, 0.25) is 0 Å². The molecule has 1 aliphatic carbocycles. The summed E-state index contributed by atoms with van der Waals surface area (Å²) in [5, 5.41) is 2.75. The van der Waals surface area contributed by atoms with Crippen molar-refractivity contribution in [3.05, 3.63) is 35.4 Å². The largest absolute Gasteiger partial charge is 0.326 e. The minimum absolute atomic E-state index is 0.0815. The lowest BCUT2D eigenvalue weighted by atomic mass is 9.73. The molecule has 0 saturated heterocycles. The molecule has 1 aliphatic rings. The van der Waals surface area contributed by atoms with Crippen molar-refractivity contribution in [1.29, 1.82) is 0 Å². The van der Waals surface area contributed by atoms with Gasteiger partial charge in [-0.2, -0.15) is 0 Å². The van der Waals surface area contributed by atoms with E-state index in [2.05, 4.69) is 26.1 Å². The number of hydrogen-bond acceptors (Lipinski definition) is 2. The van der Waals surface area contributed by atoms with Gasteiger partial charge in [0.2, 0.25) is 5.91 Å². The van der Waals surface area contributed by atoms with Gasteiger partial charge in [0.05, 0.1) is 0 Å². The first-order valence-electron chi connectivity index (χ1n) is 8.02. The molecule has 1 aromatic carbocycles. The Balaban J connectivity index is 2.22. The smallest absolute Gasteiger partial charge is 0.221 e. The summed E-state index contributed by atoms with van der Waals surface area (Å²) in [5.41, 5.74) is 2.73. The van der Waals surface area contributed by atoms with E-state index < -0.39 is 0 Å². The number of allylic oxidation sites excluding steroid dienone is 1. The zero-order valence-corrected chi connectivity index (χ0v) is 13.8. The molecule has 2 rings (SSSR count). The monoisotopic (exact) mass is 299 g/mol. The maximum absolute atomic E-state index is 12.7. The number of nitrogens with one attached hydrogen (secondary N) is 1. The van der Waals surface area contributed by atoms with Crippen molar-refractivity contribution in [2.24, 2.45) is 17.8 Å². The van der Waals surface area contributed by atoms with E-state index in [0.717, 1.165) is 29.7 Å². The van der Waals surface area contributed by atoms with Crippen molar-refractivity contribution in [2.75, 3.05) is 5.32 Å². The predicted octanol–water partition coefficient (Wildman–Crippen LogP) is 4.30. The first-order chi connectivity index (χ1) is 10.4. The standard InChI is InChI=1S/C19H25NO2/c1-12(2)17-10-5-13(3)18(19(17)22)11-15-6-8-16(9-7-15)20-14(4)21/h6-9,11-13,17H,5,10H2,1-4H3,(H,20,21)/t13-,17+/m1/s1. The Morgan fingerprint density at radius 3 is 2.41 bits per heavy atom. The minimum Gasteiger partial charge on any atom is -0.326 e. The normalized spacial score (nSPS) is 23.9. The summed E-state index contributed by atoms with van der Waals surface area (Å²) >= 11 is 0. The molecule has 1 fully saturated rings. The van der Waals surface area contributed by atoms with E-state index in [9.17, 15) is 9.59 Å². The van der Waals surface area contributed by atoms with Gasteiger partial charge in [0.25, 0.3) is 0 Å². The van der Waals surface area contributed by atoms with Crippen molar-refractivity contribution in [3.8, 4) is 0 Å². The first kappa shape index (κ1) is 16.5. The lowest BCUT2D eigenvalue weighted by Crippen LogP contribution is -2.30. The molecule has 0 aromatic heterocycles. The number of benzene rings is 1. The highest BCUT2D eigenvalue weighted by atomic mass is 16.1. The van der Waals surface area contributed by atoms with Gasteiger partial charge in [-0.05, 0) is 54.0 Å². The van der Waals surface area contributed by atoms with Gasteiger partial charge in [0.15, 0.2) is 5.78 Å². The number of hydrogen-bond donors (Lipinski definition) is 1. The molecule has 0 radical (unpaired) electrons. The van der Waals surface area contributed by atoms with Gasteiger partial charge < -0.3 is 5.32 Å². The van der Waals surface area contributed by atoms with Crippen LogP contribution in [0, 0.1) is 17.8 Å². The summed E-state index contributed by atoms with van der Waals surface area (Å²) in [5.74, 6) is 1.09. The number of Topliss-reactive ketones (excluding diaryl/α,β-unsaturated/α-hetero) is 1. The lowest BCUT2D eigenvalue weighted by Gasteiger charge is -2.30. The van der Waals surface area contributed by atoms with Gasteiger partial charge in [0, 0.05) is 18.5 Å². The average molecular weight is 299 g/mol. The van der Waals surface area contributed by atoms with Crippen molar-refractivity contribution in [2.45, 2.75) is 40.5 Å². The molecule has 1 aromatic rings. The Morgan fingerprint density at radius 2 is 1.86 bits per heavy atom. The van der Waals surface area contributed by atoms with Crippen LogP contribution in [0.1, 0.15) is 46.1 Å². The van der Waals surface area contributed by atoms with E-state index in [1.807, 2.05) is 30.3 Å². The van der Waals surface area contributed by atoms with Crippen LogP contribution in [0.3, 0.4) is 0 Å². The molecule has 1 N–H and O–H groups in total. The van der Waals surface area contributed by atoms with E-state index in [-0.39, 0.29) is 11.8 Å². The first-order valence-corrected chi connectivity index (χ1v) is 8.02. The number of carbonyl (C=O) groups excluding carboxylic acids is 2. The third kappa shape index (κ3) is 3.85. The Hall–Kier alpha value is -1.90. The van der Waals surface area contributed by atoms with Crippen LogP contribution in [0.15, 0.2) is 29.8 Å². The fourth-order valence-corrected chi connectivity index (χ4v) is 3.07. The van der Waals surface area contributed by atoms with Crippen molar-refractivity contribution in [3.63, 3.8) is 0 Å². The SMILES string of the molecule is CC(=O)Nc1ccc(C=C2C(=O)[C@H](C(C)C)CC[C@H]2C)cc1. The van der Waals surface area contributed by atoms with E-state index in [0.29, 0.717) is 17.6 Å². The van der Waals surface area contributed by atoms with Crippen molar-refractivity contribution in [1.82, 2.24) is 0 Å². The number of anilines is 1. The molecule has 0 aliphatic heterocycles.